The minimum Gasteiger partial charge on any atom is -0.319 e. The Morgan fingerprint density at radius 3 is 2.68 bits per heavy atom. The molecule has 0 radical (unpaired) electrons. The molecule has 1 aromatic heterocycles. The fourth-order valence-corrected chi connectivity index (χ4v) is 2.39. The van der Waals surface area contributed by atoms with Gasteiger partial charge in [-0.25, -0.2) is 5.01 Å². The van der Waals surface area contributed by atoms with Crippen LogP contribution < -0.4 is 5.43 Å². The summed E-state index contributed by atoms with van der Waals surface area (Å²) in [5.74, 6) is 0. The zero-order valence-electron chi connectivity index (χ0n) is 10.9. The van der Waals surface area contributed by atoms with Gasteiger partial charge in [0.25, 0.3) is 0 Å². The average Bonchev–Trinajstić information content (AvgIpc) is 2.49. The Bertz CT molecular complexity index is 521. The summed E-state index contributed by atoms with van der Waals surface area (Å²) in [5.41, 5.74) is 6.59. The maximum absolute atomic E-state index is 4.15. The zero-order valence-corrected chi connectivity index (χ0v) is 10.9. The lowest BCUT2D eigenvalue weighted by Gasteiger charge is -2.28. The van der Waals surface area contributed by atoms with Crippen molar-refractivity contribution in [3.05, 3.63) is 42.6 Å². The van der Waals surface area contributed by atoms with Crippen molar-refractivity contribution >= 4 is 5.69 Å². The van der Waals surface area contributed by atoms with Crippen LogP contribution in [0.3, 0.4) is 0 Å². The first-order chi connectivity index (χ1) is 9.42. The van der Waals surface area contributed by atoms with Gasteiger partial charge in [-0.05, 0) is 37.1 Å². The molecule has 4 nitrogen and oxygen atoms in total. The third kappa shape index (κ3) is 3.09. The van der Waals surface area contributed by atoms with Crippen LogP contribution in [0.15, 0.2) is 42.6 Å². The first-order valence-corrected chi connectivity index (χ1v) is 6.81. The van der Waals surface area contributed by atoms with Crippen molar-refractivity contribution in [2.45, 2.75) is 19.3 Å². The van der Waals surface area contributed by atoms with Crippen molar-refractivity contribution in [1.82, 2.24) is 15.2 Å². The molecular formula is C15H18N4. The number of nitrogens with zero attached hydrogens (tertiary/aromatic N) is 3. The Hall–Kier alpha value is -1.94. The van der Waals surface area contributed by atoms with Crippen LogP contribution >= 0.6 is 0 Å². The molecule has 1 N–H and O–H groups in total. The number of anilines is 1. The van der Waals surface area contributed by atoms with Crippen molar-refractivity contribution in [2.75, 3.05) is 18.5 Å². The maximum atomic E-state index is 4.15. The van der Waals surface area contributed by atoms with E-state index >= 15 is 0 Å². The molecule has 0 bridgehead atoms. The molecule has 19 heavy (non-hydrogen) atoms. The highest BCUT2D eigenvalue weighted by Crippen LogP contribution is 2.21. The standard InChI is InChI=1S/C15H18N4/c1-2-10-19(11-3-1)18-14-7-4-6-13(12-14)15-8-5-9-16-17-15/h4-9,12,18H,1-3,10-11H2. The van der Waals surface area contributed by atoms with Gasteiger partial charge in [0.15, 0.2) is 0 Å². The van der Waals surface area contributed by atoms with Crippen LogP contribution in [-0.4, -0.2) is 28.3 Å². The Labute approximate surface area is 113 Å². The van der Waals surface area contributed by atoms with Crippen molar-refractivity contribution < 1.29 is 0 Å². The van der Waals surface area contributed by atoms with E-state index in [4.69, 9.17) is 0 Å². The normalized spacial score (nSPS) is 16.2. The minimum atomic E-state index is 0.907. The maximum Gasteiger partial charge on any atom is 0.0930 e. The second kappa shape index (κ2) is 5.80. The highest BCUT2D eigenvalue weighted by molar-refractivity contribution is 5.64. The van der Waals surface area contributed by atoms with E-state index in [1.54, 1.807) is 6.20 Å². The smallest absolute Gasteiger partial charge is 0.0930 e. The van der Waals surface area contributed by atoms with Gasteiger partial charge in [0.2, 0.25) is 0 Å². The summed E-state index contributed by atoms with van der Waals surface area (Å²) < 4.78 is 0. The second-order valence-corrected chi connectivity index (χ2v) is 4.85. The molecule has 2 heterocycles. The quantitative estimate of drug-likeness (QED) is 0.914. The van der Waals surface area contributed by atoms with Crippen LogP contribution in [-0.2, 0) is 0 Å². The number of rotatable bonds is 3. The summed E-state index contributed by atoms with van der Waals surface area (Å²) in [4.78, 5) is 0. The third-order valence-corrected chi connectivity index (χ3v) is 3.37. The van der Waals surface area contributed by atoms with E-state index in [0.717, 1.165) is 30.0 Å². The largest absolute Gasteiger partial charge is 0.319 e. The van der Waals surface area contributed by atoms with E-state index in [-0.39, 0.29) is 0 Å². The van der Waals surface area contributed by atoms with Gasteiger partial charge in [-0.15, -0.1) is 0 Å². The van der Waals surface area contributed by atoms with Crippen LogP contribution in [0, 0.1) is 0 Å². The van der Waals surface area contributed by atoms with Gasteiger partial charge in [-0.2, -0.15) is 10.2 Å². The Balaban J connectivity index is 1.76. The average molecular weight is 254 g/mol. The van der Waals surface area contributed by atoms with Gasteiger partial charge in [0.05, 0.1) is 5.69 Å². The lowest BCUT2D eigenvalue weighted by Crippen LogP contribution is -2.34. The zero-order chi connectivity index (χ0) is 12.9. The first kappa shape index (κ1) is 12.1. The van der Waals surface area contributed by atoms with E-state index in [2.05, 4.69) is 44.9 Å². The SMILES string of the molecule is c1cc(NN2CCCCC2)cc(-c2cccnn2)c1. The highest BCUT2D eigenvalue weighted by Gasteiger charge is 2.10. The molecule has 0 amide bonds. The molecule has 2 aromatic rings. The highest BCUT2D eigenvalue weighted by atomic mass is 15.5. The molecule has 0 saturated carbocycles. The first-order valence-electron chi connectivity index (χ1n) is 6.81. The van der Waals surface area contributed by atoms with Gasteiger partial charge in [0, 0.05) is 30.5 Å². The summed E-state index contributed by atoms with van der Waals surface area (Å²) in [6.07, 6.45) is 5.59. The molecule has 0 aliphatic carbocycles. The third-order valence-electron chi connectivity index (χ3n) is 3.37. The molecule has 1 aliphatic rings. The van der Waals surface area contributed by atoms with Crippen LogP contribution in [0.1, 0.15) is 19.3 Å². The van der Waals surface area contributed by atoms with E-state index < -0.39 is 0 Å². The summed E-state index contributed by atoms with van der Waals surface area (Å²) in [5, 5.41) is 10.4. The molecule has 1 aromatic carbocycles. The number of benzene rings is 1. The number of aromatic nitrogens is 2. The van der Waals surface area contributed by atoms with Crippen LogP contribution in [0.2, 0.25) is 0 Å². The summed E-state index contributed by atoms with van der Waals surface area (Å²) in [6.45, 7) is 2.24. The van der Waals surface area contributed by atoms with Crippen molar-refractivity contribution in [3.63, 3.8) is 0 Å². The van der Waals surface area contributed by atoms with E-state index in [1.165, 1.54) is 19.3 Å². The van der Waals surface area contributed by atoms with Gasteiger partial charge in [0.1, 0.15) is 0 Å². The summed E-state index contributed by atoms with van der Waals surface area (Å²) >= 11 is 0. The summed E-state index contributed by atoms with van der Waals surface area (Å²) in [7, 11) is 0. The monoisotopic (exact) mass is 254 g/mol. The minimum absolute atomic E-state index is 0.907. The van der Waals surface area contributed by atoms with Crippen LogP contribution in [0.25, 0.3) is 11.3 Å². The number of hydrogen-bond donors (Lipinski definition) is 1. The Kier molecular flexibility index (Phi) is 3.70. The van der Waals surface area contributed by atoms with E-state index in [1.807, 2.05) is 12.1 Å². The van der Waals surface area contributed by atoms with Crippen LogP contribution in [0.4, 0.5) is 5.69 Å². The predicted octanol–water partition coefficient (Wildman–Crippen LogP) is 2.96. The Morgan fingerprint density at radius 1 is 1.00 bits per heavy atom. The predicted molar refractivity (Wildman–Crippen MR) is 76.5 cm³/mol. The number of piperidine rings is 1. The fourth-order valence-electron chi connectivity index (χ4n) is 2.39. The molecule has 98 valence electrons. The molecule has 4 heteroatoms. The Morgan fingerprint density at radius 2 is 1.89 bits per heavy atom. The number of hydrogen-bond acceptors (Lipinski definition) is 4. The van der Waals surface area contributed by atoms with Gasteiger partial charge < -0.3 is 5.43 Å². The molecule has 1 saturated heterocycles. The second-order valence-electron chi connectivity index (χ2n) is 4.85. The lowest BCUT2D eigenvalue weighted by molar-refractivity contribution is 0.273. The van der Waals surface area contributed by atoms with Crippen LogP contribution in [0.5, 0.6) is 0 Å². The number of nitrogens with one attached hydrogen (secondary N) is 1. The van der Waals surface area contributed by atoms with Crippen molar-refractivity contribution in [1.29, 1.82) is 0 Å². The molecule has 3 rings (SSSR count). The number of hydrazine groups is 1. The molecule has 0 spiro atoms. The topological polar surface area (TPSA) is 41.0 Å². The summed E-state index contributed by atoms with van der Waals surface area (Å²) in [6, 6.07) is 12.2. The van der Waals surface area contributed by atoms with Crippen molar-refractivity contribution in [3.8, 4) is 11.3 Å². The molecule has 0 unspecified atom stereocenters. The molecule has 1 aliphatic heterocycles. The molecule has 0 atom stereocenters. The van der Waals surface area contributed by atoms with Gasteiger partial charge in [-0.3, -0.25) is 0 Å². The molecular weight excluding hydrogens is 236 g/mol. The van der Waals surface area contributed by atoms with E-state index in [9.17, 15) is 0 Å². The van der Waals surface area contributed by atoms with Gasteiger partial charge >= 0.3 is 0 Å². The fraction of sp³-hybridized carbons (Fsp3) is 0.333. The van der Waals surface area contributed by atoms with Crippen molar-refractivity contribution in [2.24, 2.45) is 0 Å². The lowest BCUT2D eigenvalue weighted by atomic mass is 10.1. The molecule has 1 fully saturated rings. The van der Waals surface area contributed by atoms with E-state index in [0.29, 0.717) is 0 Å². The van der Waals surface area contributed by atoms with Gasteiger partial charge in [-0.1, -0.05) is 18.6 Å².